The Morgan fingerprint density at radius 3 is 2.61 bits per heavy atom. The van der Waals surface area contributed by atoms with Gasteiger partial charge >= 0.3 is 0 Å². The molecule has 7 heteroatoms. The summed E-state index contributed by atoms with van der Waals surface area (Å²) in [5.74, 6) is -2.50. The van der Waals surface area contributed by atoms with Crippen molar-refractivity contribution in [3.63, 3.8) is 0 Å². The summed E-state index contributed by atoms with van der Waals surface area (Å²) >= 11 is 0. The molecule has 0 aromatic heterocycles. The SMILES string of the molecule is O=C(CC1Nc2ccccc2NC1=O)Nc1ccc(F)cc1F. The van der Waals surface area contributed by atoms with Crippen molar-refractivity contribution in [2.45, 2.75) is 12.5 Å². The van der Waals surface area contributed by atoms with E-state index in [4.69, 9.17) is 0 Å². The van der Waals surface area contributed by atoms with Crippen LogP contribution in [0, 0.1) is 11.6 Å². The lowest BCUT2D eigenvalue weighted by Gasteiger charge is -2.26. The van der Waals surface area contributed by atoms with Gasteiger partial charge in [0.25, 0.3) is 0 Å². The second-order valence-electron chi connectivity index (χ2n) is 5.11. The Morgan fingerprint density at radius 2 is 1.87 bits per heavy atom. The van der Waals surface area contributed by atoms with Crippen LogP contribution in [0.25, 0.3) is 0 Å². The Bertz CT molecular complexity index is 780. The number of halogens is 2. The molecule has 5 nitrogen and oxygen atoms in total. The lowest BCUT2D eigenvalue weighted by molar-refractivity contribution is -0.122. The molecule has 0 saturated heterocycles. The van der Waals surface area contributed by atoms with Crippen LogP contribution in [-0.2, 0) is 9.59 Å². The average molecular weight is 317 g/mol. The van der Waals surface area contributed by atoms with E-state index in [1.54, 1.807) is 24.3 Å². The standard InChI is InChI=1S/C16H13F2N3O2/c17-9-5-6-11(10(18)7-9)20-15(22)8-14-16(23)21-13-4-2-1-3-12(13)19-14/h1-7,14,19H,8H2,(H,20,22)(H,21,23). The van der Waals surface area contributed by atoms with E-state index in [9.17, 15) is 18.4 Å². The van der Waals surface area contributed by atoms with Crippen molar-refractivity contribution < 1.29 is 18.4 Å². The Kier molecular flexibility index (Phi) is 3.92. The van der Waals surface area contributed by atoms with Gasteiger partial charge in [-0.15, -0.1) is 0 Å². The largest absolute Gasteiger partial charge is 0.372 e. The summed E-state index contributed by atoms with van der Waals surface area (Å²) < 4.78 is 26.3. The van der Waals surface area contributed by atoms with E-state index in [-0.39, 0.29) is 18.0 Å². The molecule has 1 aliphatic rings. The van der Waals surface area contributed by atoms with E-state index in [0.29, 0.717) is 17.4 Å². The van der Waals surface area contributed by atoms with Gasteiger partial charge in [-0.2, -0.15) is 0 Å². The van der Waals surface area contributed by atoms with Gasteiger partial charge in [-0.05, 0) is 24.3 Å². The molecule has 118 valence electrons. The number of fused-ring (bicyclic) bond motifs is 1. The summed E-state index contributed by atoms with van der Waals surface area (Å²) in [7, 11) is 0. The summed E-state index contributed by atoms with van der Waals surface area (Å²) in [6.45, 7) is 0. The third-order valence-electron chi connectivity index (χ3n) is 3.43. The van der Waals surface area contributed by atoms with Gasteiger partial charge in [0, 0.05) is 6.07 Å². The first kappa shape index (κ1) is 15.0. The zero-order valence-corrected chi connectivity index (χ0v) is 11.9. The van der Waals surface area contributed by atoms with Gasteiger partial charge in [-0.3, -0.25) is 9.59 Å². The Balaban J connectivity index is 1.67. The molecule has 3 rings (SSSR count). The van der Waals surface area contributed by atoms with Crippen molar-refractivity contribution in [1.29, 1.82) is 0 Å². The van der Waals surface area contributed by atoms with Crippen LogP contribution in [0.1, 0.15) is 6.42 Å². The minimum atomic E-state index is -0.871. The Hall–Kier alpha value is -2.96. The highest BCUT2D eigenvalue weighted by atomic mass is 19.1. The van der Waals surface area contributed by atoms with Gasteiger partial charge in [-0.1, -0.05) is 12.1 Å². The Labute approximate surface area is 130 Å². The second kappa shape index (κ2) is 6.04. The fraction of sp³-hybridized carbons (Fsp3) is 0.125. The smallest absolute Gasteiger partial charge is 0.247 e. The number of rotatable bonds is 3. The van der Waals surface area contributed by atoms with Crippen molar-refractivity contribution >= 4 is 28.9 Å². The third kappa shape index (κ3) is 3.28. The summed E-state index contributed by atoms with van der Waals surface area (Å²) in [5.41, 5.74) is 1.21. The first-order chi connectivity index (χ1) is 11.0. The molecular weight excluding hydrogens is 304 g/mol. The van der Waals surface area contributed by atoms with E-state index in [1.165, 1.54) is 0 Å². The monoisotopic (exact) mass is 317 g/mol. The molecule has 3 N–H and O–H groups in total. The third-order valence-corrected chi connectivity index (χ3v) is 3.43. The highest BCUT2D eigenvalue weighted by molar-refractivity contribution is 6.06. The van der Waals surface area contributed by atoms with Crippen molar-refractivity contribution in [3.05, 3.63) is 54.1 Å². The van der Waals surface area contributed by atoms with Crippen molar-refractivity contribution in [2.24, 2.45) is 0 Å². The summed E-state index contributed by atoms with van der Waals surface area (Å²) in [5, 5.41) is 7.98. The van der Waals surface area contributed by atoms with E-state index in [2.05, 4.69) is 16.0 Å². The van der Waals surface area contributed by atoms with Crippen LogP contribution in [0.3, 0.4) is 0 Å². The van der Waals surface area contributed by atoms with Crippen LogP contribution in [0.4, 0.5) is 25.8 Å². The highest BCUT2D eigenvalue weighted by Gasteiger charge is 2.27. The molecule has 1 unspecified atom stereocenters. The molecule has 0 spiro atoms. The van der Waals surface area contributed by atoms with Gasteiger partial charge in [0.1, 0.15) is 17.7 Å². The van der Waals surface area contributed by atoms with Gasteiger partial charge in [0.05, 0.1) is 23.5 Å². The fourth-order valence-electron chi connectivity index (χ4n) is 2.31. The fourth-order valence-corrected chi connectivity index (χ4v) is 2.31. The molecule has 1 heterocycles. The minimum Gasteiger partial charge on any atom is -0.372 e. The number of hydrogen-bond acceptors (Lipinski definition) is 3. The Morgan fingerprint density at radius 1 is 1.13 bits per heavy atom. The predicted octanol–water partition coefficient (Wildman–Crippen LogP) is 2.73. The van der Waals surface area contributed by atoms with Crippen LogP contribution < -0.4 is 16.0 Å². The first-order valence-electron chi connectivity index (χ1n) is 6.94. The van der Waals surface area contributed by atoms with E-state index in [1.807, 2.05) is 0 Å². The normalized spacial score (nSPS) is 16.1. The first-order valence-corrected chi connectivity index (χ1v) is 6.94. The average Bonchev–Trinajstić information content (AvgIpc) is 2.51. The molecule has 0 radical (unpaired) electrons. The zero-order chi connectivity index (χ0) is 16.4. The van der Waals surface area contributed by atoms with E-state index in [0.717, 1.165) is 12.1 Å². The van der Waals surface area contributed by atoms with E-state index >= 15 is 0 Å². The number of benzene rings is 2. The van der Waals surface area contributed by atoms with Crippen LogP contribution in [-0.4, -0.2) is 17.9 Å². The van der Waals surface area contributed by atoms with Crippen molar-refractivity contribution in [2.75, 3.05) is 16.0 Å². The maximum Gasteiger partial charge on any atom is 0.247 e. The van der Waals surface area contributed by atoms with Gasteiger partial charge in [0.15, 0.2) is 0 Å². The highest BCUT2D eigenvalue weighted by Crippen LogP contribution is 2.27. The van der Waals surface area contributed by atoms with Gasteiger partial charge in [0.2, 0.25) is 11.8 Å². The molecule has 2 aromatic carbocycles. The number of carbonyl (C=O) groups excluding carboxylic acids is 2. The molecule has 1 atom stereocenters. The van der Waals surface area contributed by atoms with Gasteiger partial charge in [-0.25, -0.2) is 8.78 Å². The molecule has 23 heavy (non-hydrogen) atoms. The van der Waals surface area contributed by atoms with Crippen LogP contribution in [0.5, 0.6) is 0 Å². The number of carbonyl (C=O) groups is 2. The van der Waals surface area contributed by atoms with Crippen molar-refractivity contribution in [3.8, 4) is 0 Å². The molecule has 2 amide bonds. The minimum absolute atomic E-state index is 0.131. The lowest BCUT2D eigenvalue weighted by atomic mass is 10.1. The topological polar surface area (TPSA) is 70.2 Å². The molecule has 2 aromatic rings. The summed E-state index contributed by atoms with van der Waals surface area (Å²) in [6, 6.07) is 9.18. The number of para-hydroxylation sites is 2. The summed E-state index contributed by atoms with van der Waals surface area (Å²) in [6.07, 6.45) is -0.184. The molecule has 0 saturated carbocycles. The van der Waals surface area contributed by atoms with E-state index < -0.39 is 23.6 Å². The van der Waals surface area contributed by atoms with Crippen LogP contribution in [0.2, 0.25) is 0 Å². The number of amides is 2. The molecular formula is C16H13F2N3O2. The number of hydrogen-bond donors (Lipinski definition) is 3. The molecule has 0 fully saturated rings. The number of nitrogens with one attached hydrogen (secondary N) is 3. The van der Waals surface area contributed by atoms with Crippen LogP contribution >= 0.6 is 0 Å². The number of anilines is 3. The quantitative estimate of drug-likeness (QED) is 0.815. The maximum absolute atomic E-state index is 13.5. The van der Waals surface area contributed by atoms with Crippen molar-refractivity contribution in [1.82, 2.24) is 0 Å². The van der Waals surface area contributed by atoms with Gasteiger partial charge < -0.3 is 16.0 Å². The predicted molar refractivity (Wildman–Crippen MR) is 82.1 cm³/mol. The molecule has 0 aliphatic carbocycles. The zero-order valence-electron chi connectivity index (χ0n) is 11.9. The molecule has 1 aliphatic heterocycles. The second-order valence-corrected chi connectivity index (χ2v) is 5.11. The lowest BCUT2D eigenvalue weighted by Crippen LogP contribution is -2.41. The molecule has 0 bridgehead atoms. The maximum atomic E-state index is 13.5. The summed E-state index contributed by atoms with van der Waals surface area (Å²) in [4.78, 5) is 24.0. The van der Waals surface area contributed by atoms with Crippen LogP contribution in [0.15, 0.2) is 42.5 Å².